The van der Waals surface area contributed by atoms with Crippen LogP contribution in [-0.4, -0.2) is 23.6 Å². The maximum Gasteiger partial charge on any atom is 0.254 e. The summed E-state index contributed by atoms with van der Waals surface area (Å²) in [6.45, 7) is 1.57. The molecule has 0 aliphatic carbocycles. The number of amides is 1. The van der Waals surface area contributed by atoms with Gasteiger partial charge in [-0.15, -0.1) is 0 Å². The van der Waals surface area contributed by atoms with Crippen LogP contribution in [0.4, 0.5) is 0 Å². The van der Waals surface area contributed by atoms with Crippen LogP contribution < -0.4 is 0 Å². The van der Waals surface area contributed by atoms with Gasteiger partial charge >= 0.3 is 0 Å². The molecule has 3 nitrogen and oxygen atoms in total. The molecule has 1 unspecified atom stereocenters. The Morgan fingerprint density at radius 3 is 2.58 bits per heavy atom. The monoisotopic (exact) mass is 253 g/mol. The molecule has 3 heteroatoms. The molecular weight excluding hydrogens is 238 g/mol. The number of rotatable bonds is 2. The molecule has 0 aromatic heterocycles. The molecule has 1 amide bonds. The van der Waals surface area contributed by atoms with Gasteiger partial charge in [-0.1, -0.05) is 30.3 Å². The van der Waals surface area contributed by atoms with Crippen LogP contribution in [0.5, 0.6) is 0 Å². The van der Waals surface area contributed by atoms with Crippen molar-refractivity contribution in [3.63, 3.8) is 0 Å². The molecule has 0 spiro atoms. The van der Waals surface area contributed by atoms with Gasteiger partial charge < -0.3 is 4.90 Å². The second-order valence-corrected chi connectivity index (χ2v) is 5.09. The average Bonchev–Trinajstić information content (AvgIpc) is 2.40. The van der Waals surface area contributed by atoms with E-state index in [-0.39, 0.29) is 17.7 Å². The highest BCUT2D eigenvalue weighted by atomic mass is 16.2. The standard InChI is InChI=1S/C16H15NO2/c1-10(18)9-14-12-7-3-5-11-6-4-8-13(15(11)12)16(19)17(14)2/h3-8,14H,9H2,1-2H3. The molecule has 1 aliphatic rings. The largest absolute Gasteiger partial charge is 0.334 e. The van der Waals surface area contributed by atoms with Gasteiger partial charge in [0.25, 0.3) is 5.91 Å². The first-order valence-corrected chi connectivity index (χ1v) is 6.38. The van der Waals surface area contributed by atoms with Crippen molar-refractivity contribution >= 4 is 22.5 Å². The number of carbonyl (C=O) groups is 2. The Hall–Kier alpha value is -2.16. The van der Waals surface area contributed by atoms with E-state index >= 15 is 0 Å². The number of nitrogens with zero attached hydrogens (tertiary/aromatic N) is 1. The molecule has 1 aliphatic heterocycles. The summed E-state index contributed by atoms with van der Waals surface area (Å²) in [6, 6.07) is 11.6. The summed E-state index contributed by atoms with van der Waals surface area (Å²) in [5, 5.41) is 2.06. The minimum Gasteiger partial charge on any atom is -0.334 e. The van der Waals surface area contributed by atoms with Crippen molar-refractivity contribution in [2.45, 2.75) is 19.4 Å². The van der Waals surface area contributed by atoms with Gasteiger partial charge in [0.05, 0.1) is 6.04 Å². The van der Waals surface area contributed by atoms with Crippen LogP contribution >= 0.6 is 0 Å². The van der Waals surface area contributed by atoms with E-state index in [0.29, 0.717) is 6.42 Å². The van der Waals surface area contributed by atoms with E-state index in [0.717, 1.165) is 21.9 Å². The Labute approximate surface area is 111 Å². The second kappa shape index (κ2) is 4.19. The zero-order valence-electron chi connectivity index (χ0n) is 11.0. The third kappa shape index (κ3) is 1.73. The predicted octanol–water partition coefficient (Wildman–Crippen LogP) is 2.95. The number of ketones is 1. The molecule has 0 N–H and O–H groups in total. The fourth-order valence-electron chi connectivity index (χ4n) is 2.89. The second-order valence-electron chi connectivity index (χ2n) is 5.09. The lowest BCUT2D eigenvalue weighted by atomic mass is 9.88. The Kier molecular flexibility index (Phi) is 2.63. The Morgan fingerprint density at radius 1 is 1.21 bits per heavy atom. The lowest BCUT2D eigenvalue weighted by Gasteiger charge is -2.34. The van der Waals surface area contributed by atoms with Crippen LogP contribution in [0.15, 0.2) is 36.4 Å². The van der Waals surface area contributed by atoms with Crippen LogP contribution in [0.3, 0.4) is 0 Å². The van der Waals surface area contributed by atoms with E-state index in [1.54, 1.807) is 18.9 Å². The SMILES string of the molecule is CC(=O)CC1c2cccc3cccc(c23)C(=O)N1C. The van der Waals surface area contributed by atoms with Crippen LogP contribution in [0.1, 0.15) is 35.3 Å². The van der Waals surface area contributed by atoms with E-state index in [4.69, 9.17) is 0 Å². The highest BCUT2D eigenvalue weighted by molar-refractivity contribution is 6.10. The Bertz CT molecular complexity index is 685. The van der Waals surface area contributed by atoms with E-state index < -0.39 is 0 Å². The van der Waals surface area contributed by atoms with Gasteiger partial charge in [-0.25, -0.2) is 0 Å². The number of carbonyl (C=O) groups excluding carboxylic acids is 2. The maximum absolute atomic E-state index is 12.4. The number of Topliss-reactive ketones (excluding diaryl/α,β-unsaturated/α-hetero) is 1. The zero-order valence-corrected chi connectivity index (χ0v) is 11.0. The summed E-state index contributed by atoms with van der Waals surface area (Å²) in [5.41, 5.74) is 1.81. The number of benzene rings is 2. The van der Waals surface area contributed by atoms with Gasteiger partial charge in [0, 0.05) is 19.0 Å². The van der Waals surface area contributed by atoms with Gasteiger partial charge in [0.1, 0.15) is 5.78 Å². The van der Waals surface area contributed by atoms with Gasteiger partial charge in [0.2, 0.25) is 0 Å². The van der Waals surface area contributed by atoms with Crippen LogP contribution in [0.25, 0.3) is 10.8 Å². The molecule has 0 fully saturated rings. The van der Waals surface area contributed by atoms with E-state index in [9.17, 15) is 9.59 Å². The van der Waals surface area contributed by atoms with Crippen molar-refractivity contribution in [3.05, 3.63) is 47.5 Å². The van der Waals surface area contributed by atoms with Crippen molar-refractivity contribution in [1.82, 2.24) is 4.90 Å². The Balaban J connectivity index is 2.30. The first kappa shape index (κ1) is 11.9. The third-order valence-electron chi connectivity index (χ3n) is 3.79. The molecular formula is C16H15NO2. The molecule has 3 rings (SSSR count). The van der Waals surface area contributed by atoms with E-state index in [2.05, 4.69) is 0 Å². The molecule has 19 heavy (non-hydrogen) atoms. The third-order valence-corrected chi connectivity index (χ3v) is 3.79. The van der Waals surface area contributed by atoms with Crippen molar-refractivity contribution in [2.24, 2.45) is 0 Å². The normalized spacial score (nSPS) is 17.9. The van der Waals surface area contributed by atoms with Crippen molar-refractivity contribution in [3.8, 4) is 0 Å². The Morgan fingerprint density at radius 2 is 1.89 bits per heavy atom. The first-order chi connectivity index (χ1) is 9.09. The lowest BCUT2D eigenvalue weighted by molar-refractivity contribution is -0.118. The van der Waals surface area contributed by atoms with Crippen LogP contribution in [0, 0.1) is 0 Å². The number of hydrogen-bond acceptors (Lipinski definition) is 2. The minimum atomic E-state index is -0.149. The molecule has 1 heterocycles. The predicted molar refractivity (Wildman–Crippen MR) is 74.1 cm³/mol. The van der Waals surface area contributed by atoms with Crippen LogP contribution in [-0.2, 0) is 4.79 Å². The maximum atomic E-state index is 12.4. The molecule has 2 aromatic rings. The molecule has 96 valence electrons. The molecule has 1 atom stereocenters. The summed E-state index contributed by atoms with van der Waals surface area (Å²) >= 11 is 0. The van der Waals surface area contributed by atoms with Gasteiger partial charge in [-0.05, 0) is 29.3 Å². The van der Waals surface area contributed by atoms with Crippen molar-refractivity contribution in [1.29, 1.82) is 0 Å². The minimum absolute atomic E-state index is 0.00412. The zero-order chi connectivity index (χ0) is 13.6. The molecule has 0 saturated carbocycles. The molecule has 0 bridgehead atoms. The quantitative estimate of drug-likeness (QED) is 0.825. The van der Waals surface area contributed by atoms with Crippen molar-refractivity contribution < 1.29 is 9.59 Å². The summed E-state index contributed by atoms with van der Waals surface area (Å²) in [6.07, 6.45) is 0.371. The summed E-state index contributed by atoms with van der Waals surface area (Å²) in [7, 11) is 1.77. The molecule has 2 aromatic carbocycles. The average molecular weight is 253 g/mol. The van der Waals surface area contributed by atoms with Crippen LogP contribution in [0.2, 0.25) is 0 Å². The highest BCUT2D eigenvalue weighted by Gasteiger charge is 2.31. The van der Waals surface area contributed by atoms with E-state index in [1.165, 1.54) is 0 Å². The first-order valence-electron chi connectivity index (χ1n) is 6.38. The van der Waals surface area contributed by atoms with Gasteiger partial charge in [-0.2, -0.15) is 0 Å². The van der Waals surface area contributed by atoms with E-state index in [1.807, 2.05) is 36.4 Å². The highest BCUT2D eigenvalue weighted by Crippen LogP contribution is 2.37. The topological polar surface area (TPSA) is 37.4 Å². The number of hydrogen-bond donors (Lipinski definition) is 0. The lowest BCUT2D eigenvalue weighted by Crippen LogP contribution is -2.35. The smallest absolute Gasteiger partial charge is 0.254 e. The fourth-order valence-corrected chi connectivity index (χ4v) is 2.89. The summed E-state index contributed by atoms with van der Waals surface area (Å²) in [4.78, 5) is 25.5. The van der Waals surface area contributed by atoms with Gasteiger partial charge in [-0.3, -0.25) is 9.59 Å². The molecule has 0 radical (unpaired) electrons. The molecule has 0 saturated heterocycles. The summed E-state index contributed by atoms with van der Waals surface area (Å²) < 4.78 is 0. The van der Waals surface area contributed by atoms with Gasteiger partial charge in [0.15, 0.2) is 0 Å². The summed E-state index contributed by atoms with van der Waals surface area (Å²) in [5.74, 6) is 0.0941. The fraction of sp³-hybridized carbons (Fsp3) is 0.250. The van der Waals surface area contributed by atoms with Crippen molar-refractivity contribution in [2.75, 3.05) is 7.05 Å².